The third-order valence-electron chi connectivity index (χ3n) is 4.62. The van der Waals surface area contributed by atoms with Crippen molar-refractivity contribution in [3.05, 3.63) is 35.1 Å². The zero-order valence-corrected chi connectivity index (χ0v) is 12.4. The molecule has 0 aliphatic heterocycles. The van der Waals surface area contributed by atoms with Gasteiger partial charge >= 0.3 is 0 Å². The van der Waals surface area contributed by atoms with Crippen molar-refractivity contribution in [2.45, 2.75) is 52.5 Å². The minimum absolute atomic E-state index is 0.135. The molecule has 1 aromatic rings. The summed E-state index contributed by atoms with van der Waals surface area (Å²) in [4.78, 5) is 0. The van der Waals surface area contributed by atoms with Crippen molar-refractivity contribution in [2.75, 3.05) is 6.54 Å². The maximum Gasteiger partial charge on any atom is 0.123 e. The smallest absolute Gasteiger partial charge is 0.123 e. The molecule has 0 heterocycles. The van der Waals surface area contributed by atoms with Gasteiger partial charge < -0.3 is 5.32 Å². The summed E-state index contributed by atoms with van der Waals surface area (Å²) in [6, 6.07) is 5.75. The molecule has 2 atom stereocenters. The van der Waals surface area contributed by atoms with Crippen molar-refractivity contribution in [3.63, 3.8) is 0 Å². The highest BCUT2D eigenvalue weighted by molar-refractivity contribution is 5.26. The van der Waals surface area contributed by atoms with Crippen LogP contribution in [0.15, 0.2) is 18.2 Å². The molecule has 0 spiro atoms. The Bertz CT molecular complexity index is 406. The summed E-state index contributed by atoms with van der Waals surface area (Å²) in [5, 5.41) is 3.72. The second-order valence-corrected chi connectivity index (χ2v) is 6.19. The first-order valence-corrected chi connectivity index (χ1v) is 7.56. The predicted octanol–water partition coefficient (Wildman–Crippen LogP) is 4.09. The van der Waals surface area contributed by atoms with E-state index < -0.39 is 0 Å². The molecule has 1 N–H and O–H groups in total. The molecule has 0 bridgehead atoms. The highest BCUT2D eigenvalue weighted by atomic mass is 19.1. The first kappa shape index (κ1) is 14.5. The Morgan fingerprint density at radius 3 is 2.53 bits per heavy atom. The summed E-state index contributed by atoms with van der Waals surface area (Å²) >= 11 is 0. The van der Waals surface area contributed by atoms with Crippen molar-refractivity contribution >= 4 is 0 Å². The highest BCUT2D eigenvalue weighted by Crippen LogP contribution is 2.28. The number of benzene rings is 1. The lowest BCUT2D eigenvalue weighted by Gasteiger charge is -2.35. The Balaban J connectivity index is 1.85. The normalized spacial score (nSPS) is 27.5. The standard InChI is InChI=1S/C17H26FN/c1-12-5-4-6-13(2)17(12)19-10-9-15-7-8-16(18)11-14(15)3/h7-8,11-13,17,19H,4-6,9-10H2,1-3H3. The molecule has 19 heavy (non-hydrogen) atoms. The van der Waals surface area contributed by atoms with Gasteiger partial charge in [-0.15, -0.1) is 0 Å². The first-order chi connectivity index (χ1) is 9.08. The van der Waals surface area contributed by atoms with Crippen LogP contribution in [0.25, 0.3) is 0 Å². The molecule has 0 amide bonds. The van der Waals surface area contributed by atoms with Crippen molar-refractivity contribution < 1.29 is 4.39 Å². The first-order valence-electron chi connectivity index (χ1n) is 7.56. The van der Waals surface area contributed by atoms with Crippen molar-refractivity contribution in [1.82, 2.24) is 5.32 Å². The molecule has 1 saturated carbocycles. The Labute approximate surface area is 116 Å². The summed E-state index contributed by atoms with van der Waals surface area (Å²) < 4.78 is 13.0. The van der Waals surface area contributed by atoms with E-state index >= 15 is 0 Å². The van der Waals surface area contributed by atoms with Crippen molar-refractivity contribution in [3.8, 4) is 0 Å². The SMILES string of the molecule is Cc1cc(F)ccc1CCNC1C(C)CCCC1C. The number of nitrogens with one attached hydrogen (secondary N) is 1. The van der Waals surface area contributed by atoms with Crippen LogP contribution in [0.4, 0.5) is 4.39 Å². The number of hydrogen-bond acceptors (Lipinski definition) is 1. The molecule has 1 nitrogen and oxygen atoms in total. The van der Waals surface area contributed by atoms with Crippen LogP contribution >= 0.6 is 0 Å². The predicted molar refractivity (Wildman–Crippen MR) is 78.8 cm³/mol. The van der Waals surface area contributed by atoms with E-state index in [1.54, 1.807) is 12.1 Å². The van der Waals surface area contributed by atoms with Gasteiger partial charge in [-0.25, -0.2) is 4.39 Å². The van der Waals surface area contributed by atoms with E-state index in [4.69, 9.17) is 0 Å². The molecule has 1 aliphatic carbocycles. The van der Waals surface area contributed by atoms with E-state index in [2.05, 4.69) is 19.2 Å². The van der Waals surface area contributed by atoms with Gasteiger partial charge in [-0.2, -0.15) is 0 Å². The molecule has 1 aromatic carbocycles. The van der Waals surface area contributed by atoms with Crippen molar-refractivity contribution in [1.29, 1.82) is 0 Å². The lowest BCUT2D eigenvalue weighted by atomic mass is 9.78. The quantitative estimate of drug-likeness (QED) is 0.862. The molecule has 1 aliphatic rings. The van der Waals surface area contributed by atoms with Gasteiger partial charge in [0.1, 0.15) is 5.82 Å². The zero-order valence-electron chi connectivity index (χ0n) is 12.4. The van der Waals surface area contributed by atoms with Crippen LogP contribution < -0.4 is 5.32 Å². The Hall–Kier alpha value is -0.890. The van der Waals surface area contributed by atoms with Crippen LogP contribution in [0.2, 0.25) is 0 Å². The van der Waals surface area contributed by atoms with Gasteiger partial charge in [-0.05, 0) is 67.8 Å². The zero-order chi connectivity index (χ0) is 13.8. The summed E-state index contributed by atoms with van der Waals surface area (Å²) in [5.41, 5.74) is 2.32. The molecule has 0 radical (unpaired) electrons. The number of aryl methyl sites for hydroxylation is 1. The van der Waals surface area contributed by atoms with Crippen LogP contribution in [-0.4, -0.2) is 12.6 Å². The van der Waals surface area contributed by atoms with E-state index in [0.29, 0.717) is 6.04 Å². The van der Waals surface area contributed by atoms with Crippen LogP contribution in [0.1, 0.15) is 44.2 Å². The fourth-order valence-corrected chi connectivity index (χ4v) is 3.40. The summed E-state index contributed by atoms with van der Waals surface area (Å²) in [5.74, 6) is 1.42. The van der Waals surface area contributed by atoms with Crippen LogP contribution in [0.3, 0.4) is 0 Å². The molecule has 2 heteroatoms. The minimum Gasteiger partial charge on any atom is -0.313 e. The van der Waals surface area contributed by atoms with Crippen LogP contribution in [0.5, 0.6) is 0 Å². The molecule has 106 valence electrons. The number of hydrogen-bond donors (Lipinski definition) is 1. The van der Waals surface area contributed by atoms with E-state index in [-0.39, 0.29) is 5.82 Å². The maximum absolute atomic E-state index is 13.0. The molecular formula is C17H26FN. The van der Waals surface area contributed by atoms with Gasteiger partial charge in [0, 0.05) is 6.04 Å². The molecule has 2 rings (SSSR count). The van der Waals surface area contributed by atoms with Gasteiger partial charge in [0.25, 0.3) is 0 Å². The van der Waals surface area contributed by atoms with E-state index in [1.165, 1.54) is 24.8 Å². The van der Waals surface area contributed by atoms with Gasteiger partial charge in [0.05, 0.1) is 0 Å². The Kier molecular flexibility index (Phi) is 4.98. The van der Waals surface area contributed by atoms with Crippen LogP contribution in [0, 0.1) is 24.6 Å². The maximum atomic E-state index is 13.0. The topological polar surface area (TPSA) is 12.0 Å². The van der Waals surface area contributed by atoms with E-state index in [9.17, 15) is 4.39 Å². The molecule has 0 aromatic heterocycles. The molecule has 0 saturated heterocycles. The lowest BCUT2D eigenvalue weighted by Crippen LogP contribution is -2.43. The average molecular weight is 263 g/mol. The largest absolute Gasteiger partial charge is 0.313 e. The third-order valence-corrected chi connectivity index (χ3v) is 4.62. The van der Waals surface area contributed by atoms with Gasteiger partial charge in [0.15, 0.2) is 0 Å². The Morgan fingerprint density at radius 2 is 1.89 bits per heavy atom. The molecular weight excluding hydrogens is 237 g/mol. The summed E-state index contributed by atoms with van der Waals surface area (Å²) in [6.07, 6.45) is 5.05. The summed E-state index contributed by atoms with van der Waals surface area (Å²) in [6.45, 7) is 7.70. The molecule has 1 fully saturated rings. The van der Waals surface area contributed by atoms with Crippen molar-refractivity contribution in [2.24, 2.45) is 11.8 Å². The Morgan fingerprint density at radius 1 is 1.21 bits per heavy atom. The van der Waals surface area contributed by atoms with Gasteiger partial charge in [-0.1, -0.05) is 26.3 Å². The average Bonchev–Trinajstić information content (AvgIpc) is 2.35. The van der Waals surface area contributed by atoms with E-state index in [0.717, 1.165) is 30.4 Å². The third kappa shape index (κ3) is 3.79. The highest BCUT2D eigenvalue weighted by Gasteiger charge is 2.26. The van der Waals surface area contributed by atoms with Crippen LogP contribution in [-0.2, 0) is 6.42 Å². The second kappa shape index (κ2) is 6.51. The lowest BCUT2D eigenvalue weighted by molar-refractivity contribution is 0.210. The summed E-state index contributed by atoms with van der Waals surface area (Å²) in [7, 11) is 0. The van der Waals surface area contributed by atoms with Gasteiger partial charge in [0.2, 0.25) is 0 Å². The fourth-order valence-electron chi connectivity index (χ4n) is 3.40. The number of halogens is 1. The second-order valence-electron chi connectivity index (χ2n) is 6.19. The fraction of sp³-hybridized carbons (Fsp3) is 0.647. The number of rotatable bonds is 4. The minimum atomic E-state index is -0.135. The van der Waals surface area contributed by atoms with E-state index in [1.807, 2.05) is 13.0 Å². The molecule has 2 unspecified atom stereocenters. The van der Waals surface area contributed by atoms with Gasteiger partial charge in [-0.3, -0.25) is 0 Å². The monoisotopic (exact) mass is 263 g/mol.